The Morgan fingerprint density at radius 1 is 1.48 bits per heavy atom. The Hall–Kier alpha value is -1.89. The Kier molecular flexibility index (Phi) is 4.62. The maximum absolute atomic E-state index is 12.2. The predicted molar refractivity (Wildman–Crippen MR) is 79.6 cm³/mol. The van der Waals surface area contributed by atoms with Crippen molar-refractivity contribution >= 4 is 34.1 Å². The molecule has 0 aromatic carbocycles. The molecule has 0 bridgehead atoms. The number of nitrogens with one attached hydrogen (secondary N) is 1. The summed E-state index contributed by atoms with van der Waals surface area (Å²) in [6.07, 6.45) is 0.903. The number of carbonyl (C=O) groups excluding carboxylic acids is 2. The third-order valence-corrected chi connectivity index (χ3v) is 4.76. The van der Waals surface area contributed by atoms with E-state index in [4.69, 9.17) is 5.11 Å². The van der Waals surface area contributed by atoms with Crippen LogP contribution in [-0.2, 0) is 16.0 Å². The minimum absolute atomic E-state index is 0.0310. The molecule has 2 N–H and O–H groups in total. The zero-order valence-corrected chi connectivity index (χ0v) is 12.8. The van der Waals surface area contributed by atoms with E-state index >= 15 is 0 Å². The van der Waals surface area contributed by atoms with Gasteiger partial charge in [0.1, 0.15) is 5.00 Å². The zero-order valence-electron chi connectivity index (χ0n) is 12.0. The molecule has 1 fully saturated rings. The van der Waals surface area contributed by atoms with Gasteiger partial charge < -0.3 is 15.3 Å². The van der Waals surface area contributed by atoms with Gasteiger partial charge in [-0.25, -0.2) is 4.79 Å². The normalized spacial score (nSPS) is 18.1. The highest BCUT2D eigenvalue weighted by molar-refractivity contribution is 7.16. The number of hydrogen-bond acceptors (Lipinski definition) is 4. The molecule has 2 heterocycles. The van der Waals surface area contributed by atoms with Crippen LogP contribution in [0.2, 0.25) is 0 Å². The summed E-state index contributed by atoms with van der Waals surface area (Å²) in [6.45, 7) is 4.78. The van der Waals surface area contributed by atoms with Crippen molar-refractivity contribution < 1.29 is 19.5 Å². The number of carbonyl (C=O) groups is 3. The van der Waals surface area contributed by atoms with Gasteiger partial charge in [0.15, 0.2) is 0 Å². The van der Waals surface area contributed by atoms with Crippen molar-refractivity contribution in [2.45, 2.75) is 26.7 Å². The van der Waals surface area contributed by atoms with E-state index in [1.54, 1.807) is 11.0 Å². The second-order valence-corrected chi connectivity index (χ2v) is 6.07. The van der Waals surface area contributed by atoms with E-state index in [-0.39, 0.29) is 23.8 Å². The molecule has 114 valence electrons. The smallest absolute Gasteiger partial charge is 0.338 e. The van der Waals surface area contributed by atoms with E-state index in [1.165, 1.54) is 11.3 Å². The Morgan fingerprint density at radius 3 is 2.71 bits per heavy atom. The number of carboxylic acid groups (broad SMARTS) is 1. The van der Waals surface area contributed by atoms with Gasteiger partial charge in [0.25, 0.3) is 0 Å². The summed E-state index contributed by atoms with van der Waals surface area (Å²) in [5, 5.41) is 12.2. The van der Waals surface area contributed by atoms with Crippen LogP contribution in [0.3, 0.4) is 0 Å². The number of hydrogen-bond donors (Lipinski definition) is 2. The SMILES string of the molecule is CCc1cc(C(=O)O)c(NC(=O)C2CC(=O)N(CC)C2)s1. The van der Waals surface area contributed by atoms with Crippen LogP contribution in [0.25, 0.3) is 0 Å². The topological polar surface area (TPSA) is 86.7 Å². The van der Waals surface area contributed by atoms with Crippen LogP contribution in [0.1, 0.15) is 35.5 Å². The summed E-state index contributed by atoms with van der Waals surface area (Å²) in [4.78, 5) is 37.6. The number of anilines is 1. The van der Waals surface area contributed by atoms with Gasteiger partial charge in [-0.05, 0) is 19.4 Å². The van der Waals surface area contributed by atoms with E-state index in [1.807, 2.05) is 13.8 Å². The van der Waals surface area contributed by atoms with Gasteiger partial charge in [0.05, 0.1) is 11.5 Å². The number of likely N-dealkylation sites (tertiary alicyclic amines) is 1. The third kappa shape index (κ3) is 3.24. The van der Waals surface area contributed by atoms with Gasteiger partial charge in [-0.1, -0.05) is 6.92 Å². The molecular formula is C14H18N2O4S. The molecule has 7 heteroatoms. The fourth-order valence-corrected chi connectivity index (χ4v) is 3.33. The Labute approximate surface area is 126 Å². The average Bonchev–Trinajstić information content (AvgIpc) is 3.02. The molecule has 1 aromatic rings. The summed E-state index contributed by atoms with van der Waals surface area (Å²) < 4.78 is 0. The van der Waals surface area contributed by atoms with E-state index in [9.17, 15) is 14.4 Å². The second kappa shape index (κ2) is 6.26. The molecule has 1 aliphatic heterocycles. The number of thiophene rings is 1. The van der Waals surface area contributed by atoms with Gasteiger partial charge in [0.2, 0.25) is 11.8 Å². The second-order valence-electron chi connectivity index (χ2n) is 4.94. The van der Waals surface area contributed by atoms with Crippen molar-refractivity contribution in [2.75, 3.05) is 18.4 Å². The monoisotopic (exact) mass is 310 g/mol. The van der Waals surface area contributed by atoms with Crippen LogP contribution in [0, 0.1) is 5.92 Å². The molecule has 1 aliphatic rings. The fraction of sp³-hybridized carbons (Fsp3) is 0.500. The van der Waals surface area contributed by atoms with Crippen LogP contribution < -0.4 is 5.32 Å². The maximum Gasteiger partial charge on any atom is 0.338 e. The van der Waals surface area contributed by atoms with E-state index in [0.717, 1.165) is 4.88 Å². The number of carboxylic acids is 1. The van der Waals surface area contributed by atoms with E-state index < -0.39 is 11.9 Å². The largest absolute Gasteiger partial charge is 0.478 e. The van der Waals surface area contributed by atoms with Gasteiger partial charge in [0, 0.05) is 24.4 Å². The Morgan fingerprint density at radius 2 is 2.19 bits per heavy atom. The molecule has 0 aliphatic carbocycles. The predicted octanol–water partition coefficient (Wildman–Crippen LogP) is 1.82. The Bertz CT molecular complexity index is 582. The lowest BCUT2D eigenvalue weighted by Gasteiger charge is -2.13. The molecule has 0 spiro atoms. The summed E-state index contributed by atoms with van der Waals surface area (Å²) in [5.74, 6) is -1.78. The average molecular weight is 310 g/mol. The molecule has 6 nitrogen and oxygen atoms in total. The molecular weight excluding hydrogens is 292 g/mol. The number of amides is 2. The van der Waals surface area contributed by atoms with Crippen molar-refractivity contribution in [3.05, 3.63) is 16.5 Å². The fourth-order valence-electron chi connectivity index (χ4n) is 2.34. The number of aryl methyl sites for hydroxylation is 1. The first-order valence-electron chi connectivity index (χ1n) is 6.90. The lowest BCUT2D eigenvalue weighted by Crippen LogP contribution is -2.28. The minimum Gasteiger partial charge on any atom is -0.478 e. The molecule has 1 atom stereocenters. The summed E-state index contributed by atoms with van der Waals surface area (Å²) in [7, 11) is 0. The van der Waals surface area contributed by atoms with Crippen LogP contribution in [0.15, 0.2) is 6.07 Å². The molecule has 21 heavy (non-hydrogen) atoms. The summed E-state index contributed by atoms with van der Waals surface area (Å²) in [5.41, 5.74) is 0.113. The van der Waals surface area contributed by atoms with E-state index in [2.05, 4.69) is 5.32 Å². The molecule has 1 saturated heterocycles. The van der Waals surface area contributed by atoms with Gasteiger partial charge in [-0.2, -0.15) is 0 Å². The molecule has 2 rings (SSSR count). The summed E-state index contributed by atoms with van der Waals surface area (Å²) in [6, 6.07) is 1.58. The number of rotatable bonds is 5. The van der Waals surface area contributed by atoms with Crippen LogP contribution >= 0.6 is 11.3 Å². The highest BCUT2D eigenvalue weighted by atomic mass is 32.1. The van der Waals surface area contributed by atoms with Crippen LogP contribution in [0.5, 0.6) is 0 Å². The van der Waals surface area contributed by atoms with Crippen molar-refractivity contribution in [2.24, 2.45) is 5.92 Å². The number of aromatic carboxylic acids is 1. The van der Waals surface area contributed by atoms with E-state index in [0.29, 0.717) is 24.5 Å². The van der Waals surface area contributed by atoms with Crippen molar-refractivity contribution in [3.63, 3.8) is 0 Å². The molecule has 0 radical (unpaired) electrons. The lowest BCUT2D eigenvalue weighted by molar-refractivity contribution is -0.128. The maximum atomic E-state index is 12.2. The molecule has 1 aromatic heterocycles. The number of nitrogens with zero attached hydrogens (tertiary/aromatic N) is 1. The van der Waals surface area contributed by atoms with Gasteiger partial charge in [-0.15, -0.1) is 11.3 Å². The first-order chi connectivity index (χ1) is 9.96. The van der Waals surface area contributed by atoms with Crippen molar-refractivity contribution in [1.82, 2.24) is 4.90 Å². The van der Waals surface area contributed by atoms with Gasteiger partial charge >= 0.3 is 5.97 Å². The van der Waals surface area contributed by atoms with Crippen molar-refractivity contribution in [3.8, 4) is 0 Å². The molecule has 2 amide bonds. The minimum atomic E-state index is -1.06. The first-order valence-corrected chi connectivity index (χ1v) is 7.72. The van der Waals surface area contributed by atoms with Crippen molar-refractivity contribution in [1.29, 1.82) is 0 Å². The lowest BCUT2D eigenvalue weighted by atomic mass is 10.1. The van der Waals surface area contributed by atoms with Crippen LogP contribution in [-0.4, -0.2) is 40.9 Å². The molecule has 1 unspecified atom stereocenters. The van der Waals surface area contributed by atoms with Crippen LogP contribution in [0.4, 0.5) is 5.00 Å². The highest BCUT2D eigenvalue weighted by Crippen LogP contribution is 2.30. The molecule has 0 saturated carbocycles. The quantitative estimate of drug-likeness (QED) is 0.868. The highest BCUT2D eigenvalue weighted by Gasteiger charge is 2.34. The zero-order chi connectivity index (χ0) is 15.6. The first kappa shape index (κ1) is 15.5. The van der Waals surface area contributed by atoms with Gasteiger partial charge in [-0.3, -0.25) is 9.59 Å². The standard InChI is InChI=1S/C14H18N2O4S/c1-3-9-6-10(14(19)20)13(21-9)15-12(18)8-5-11(17)16(4-2)7-8/h6,8H,3-5,7H2,1-2H3,(H,15,18)(H,19,20). The Balaban J connectivity index is 2.11. The summed E-state index contributed by atoms with van der Waals surface area (Å²) >= 11 is 1.27. The third-order valence-electron chi connectivity index (χ3n) is 3.57.